The van der Waals surface area contributed by atoms with Crippen LogP contribution in [0.4, 0.5) is 5.69 Å². The molecule has 0 radical (unpaired) electrons. The zero-order valence-electron chi connectivity index (χ0n) is 13.7. The van der Waals surface area contributed by atoms with E-state index in [0.29, 0.717) is 0 Å². The van der Waals surface area contributed by atoms with Gasteiger partial charge in [0.05, 0.1) is 0 Å². The van der Waals surface area contributed by atoms with E-state index < -0.39 is 0 Å². The van der Waals surface area contributed by atoms with Gasteiger partial charge in [0.2, 0.25) is 0 Å². The number of hydrogen-bond acceptors (Lipinski definition) is 3. The molecule has 2 rings (SSSR count). The third-order valence-corrected chi connectivity index (χ3v) is 4.87. The van der Waals surface area contributed by atoms with Gasteiger partial charge in [-0.05, 0) is 43.3 Å². The lowest BCUT2D eigenvalue weighted by Gasteiger charge is -2.16. The number of anilines is 1. The summed E-state index contributed by atoms with van der Waals surface area (Å²) in [5.74, 6) is 0. The van der Waals surface area contributed by atoms with Crippen LogP contribution >= 0.6 is 11.3 Å². The van der Waals surface area contributed by atoms with E-state index in [-0.39, 0.29) is 5.41 Å². The van der Waals surface area contributed by atoms with Crippen molar-refractivity contribution in [1.82, 2.24) is 4.90 Å². The van der Waals surface area contributed by atoms with Crippen LogP contribution < -0.4 is 5.32 Å². The quantitative estimate of drug-likeness (QED) is 0.859. The molecule has 0 unspecified atom stereocenters. The molecular weight excluding hydrogens is 276 g/mol. The molecular formula is C18H26N2S. The zero-order chi connectivity index (χ0) is 15.5. The molecule has 2 aromatic rings. The molecule has 0 spiro atoms. The first kappa shape index (κ1) is 16.1. The van der Waals surface area contributed by atoms with Crippen molar-refractivity contribution in [2.45, 2.75) is 39.3 Å². The Kier molecular flexibility index (Phi) is 5.07. The Bertz CT molecular complexity index is 579. The molecule has 0 fully saturated rings. The molecule has 0 atom stereocenters. The minimum atomic E-state index is 0.242. The van der Waals surface area contributed by atoms with E-state index in [0.717, 1.165) is 13.1 Å². The first-order valence-corrected chi connectivity index (χ1v) is 8.23. The van der Waals surface area contributed by atoms with Crippen LogP contribution in [0.3, 0.4) is 0 Å². The third kappa shape index (κ3) is 4.58. The first-order chi connectivity index (χ1) is 9.86. The smallest absolute Gasteiger partial charge is 0.0494 e. The normalized spacial score (nSPS) is 11.9. The monoisotopic (exact) mass is 302 g/mol. The molecule has 1 heterocycles. The van der Waals surface area contributed by atoms with E-state index in [9.17, 15) is 0 Å². The summed E-state index contributed by atoms with van der Waals surface area (Å²) in [7, 11) is 4.21. The van der Waals surface area contributed by atoms with Crippen LogP contribution in [-0.2, 0) is 18.5 Å². The summed E-state index contributed by atoms with van der Waals surface area (Å²) in [6, 6.07) is 13.1. The Morgan fingerprint density at radius 1 is 1.05 bits per heavy atom. The van der Waals surface area contributed by atoms with Gasteiger partial charge in [0.15, 0.2) is 0 Å². The van der Waals surface area contributed by atoms with E-state index in [1.165, 1.54) is 21.0 Å². The summed E-state index contributed by atoms with van der Waals surface area (Å²) >= 11 is 1.91. The number of benzene rings is 1. The Balaban J connectivity index is 2.05. The predicted molar refractivity (Wildman–Crippen MR) is 94.2 cm³/mol. The average molecular weight is 302 g/mol. The Hall–Kier alpha value is -1.32. The van der Waals surface area contributed by atoms with E-state index in [1.54, 1.807) is 0 Å². The highest BCUT2D eigenvalue weighted by atomic mass is 32.1. The van der Waals surface area contributed by atoms with Gasteiger partial charge >= 0.3 is 0 Å². The molecule has 0 saturated carbocycles. The highest BCUT2D eigenvalue weighted by Crippen LogP contribution is 2.30. The zero-order valence-corrected chi connectivity index (χ0v) is 14.6. The SMILES string of the molecule is CN(C)Cc1ccccc1NCc1ccc(C(C)(C)C)s1. The van der Waals surface area contributed by atoms with E-state index in [4.69, 9.17) is 0 Å². The van der Waals surface area contributed by atoms with Crippen LogP contribution in [0.1, 0.15) is 36.1 Å². The Labute approximate surface area is 132 Å². The standard InChI is InChI=1S/C18H26N2S/c1-18(2,3)17-11-10-15(21-17)12-19-16-9-7-6-8-14(16)13-20(4)5/h6-11,19H,12-13H2,1-5H3. The van der Waals surface area contributed by atoms with Crippen LogP contribution in [0.15, 0.2) is 36.4 Å². The molecule has 0 saturated heterocycles. The second kappa shape index (κ2) is 6.63. The fraction of sp³-hybridized carbons (Fsp3) is 0.444. The van der Waals surface area contributed by atoms with E-state index in [1.807, 2.05) is 11.3 Å². The molecule has 0 amide bonds. The maximum Gasteiger partial charge on any atom is 0.0494 e. The highest BCUT2D eigenvalue weighted by molar-refractivity contribution is 7.12. The molecule has 1 aromatic carbocycles. The van der Waals surface area contributed by atoms with Crippen molar-refractivity contribution in [3.8, 4) is 0 Å². The Morgan fingerprint density at radius 2 is 1.76 bits per heavy atom. The molecule has 0 aliphatic heterocycles. The van der Waals surface area contributed by atoms with Crippen molar-refractivity contribution in [3.05, 3.63) is 51.7 Å². The molecule has 0 bridgehead atoms. The lowest BCUT2D eigenvalue weighted by atomic mass is 9.95. The Morgan fingerprint density at radius 3 is 2.38 bits per heavy atom. The van der Waals surface area contributed by atoms with Gasteiger partial charge < -0.3 is 10.2 Å². The van der Waals surface area contributed by atoms with Crippen LogP contribution in [0, 0.1) is 0 Å². The fourth-order valence-electron chi connectivity index (χ4n) is 2.23. The van der Waals surface area contributed by atoms with Crippen molar-refractivity contribution < 1.29 is 0 Å². The summed E-state index contributed by atoms with van der Waals surface area (Å²) < 4.78 is 0. The molecule has 0 aliphatic carbocycles. The van der Waals surface area contributed by atoms with Crippen molar-refractivity contribution >= 4 is 17.0 Å². The maximum atomic E-state index is 3.58. The van der Waals surface area contributed by atoms with Gasteiger partial charge in [-0.15, -0.1) is 11.3 Å². The molecule has 2 nitrogen and oxygen atoms in total. The maximum absolute atomic E-state index is 3.58. The number of hydrogen-bond donors (Lipinski definition) is 1. The van der Waals surface area contributed by atoms with Crippen LogP contribution in [0.25, 0.3) is 0 Å². The predicted octanol–water partition coefficient (Wildman–Crippen LogP) is 4.72. The minimum Gasteiger partial charge on any atom is -0.380 e. The van der Waals surface area contributed by atoms with Gasteiger partial charge in [-0.3, -0.25) is 0 Å². The summed E-state index contributed by atoms with van der Waals surface area (Å²) in [5, 5.41) is 3.58. The van der Waals surface area contributed by atoms with Crippen molar-refractivity contribution in [2.24, 2.45) is 0 Å². The van der Waals surface area contributed by atoms with Crippen molar-refractivity contribution in [1.29, 1.82) is 0 Å². The summed E-state index contributed by atoms with van der Waals surface area (Å²) in [6.45, 7) is 8.65. The molecule has 21 heavy (non-hydrogen) atoms. The van der Waals surface area contributed by atoms with Crippen molar-refractivity contribution in [2.75, 3.05) is 19.4 Å². The number of para-hydroxylation sites is 1. The van der Waals surface area contributed by atoms with Gasteiger partial charge in [0.1, 0.15) is 0 Å². The van der Waals surface area contributed by atoms with E-state index >= 15 is 0 Å². The first-order valence-electron chi connectivity index (χ1n) is 7.42. The molecule has 0 aliphatic rings. The average Bonchev–Trinajstić information content (AvgIpc) is 2.86. The second-order valence-electron chi connectivity index (χ2n) is 6.76. The number of rotatable bonds is 5. The number of thiophene rings is 1. The summed E-state index contributed by atoms with van der Waals surface area (Å²) in [6.07, 6.45) is 0. The highest BCUT2D eigenvalue weighted by Gasteiger charge is 2.15. The molecule has 1 aromatic heterocycles. The molecule has 1 N–H and O–H groups in total. The van der Waals surface area contributed by atoms with Gasteiger partial charge in [-0.25, -0.2) is 0 Å². The van der Waals surface area contributed by atoms with Gasteiger partial charge in [-0.1, -0.05) is 39.0 Å². The van der Waals surface area contributed by atoms with Gasteiger partial charge in [-0.2, -0.15) is 0 Å². The minimum absolute atomic E-state index is 0.242. The lowest BCUT2D eigenvalue weighted by Crippen LogP contribution is -2.12. The van der Waals surface area contributed by atoms with Crippen LogP contribution in [-0.4, -0.2) is 19.0 Å². The largest absolute Gasteiger partial charge is 0.380 e. The third-order valence-electron chi connectivity index (χ3n) is 3.36. The van der Waals surface area contributed by atoms with Crippen LogP contribution in [0.5, 0.6) is 0 Å². The van der Waals surface area contributed by atoms with Gasteiger partial charge in [0.25, 0.3) is 0 Å². The fourth-order valence-corrected chi connectivity index (χ4v) is 3.23. The van der Waals surface area contributed by atoms with E-state index in [2.05, 4.69) is 81.5 Å². The summed E-state index contributed by atoms with van der Waals surface area (Å²) in [5.41, 5.74) is 2.82. The number of nitrogens with zero attached hydrogens (tertiary/aromatic N) is 1. The van der Waals surface area contributed by atoms with Crippen LogP contribution in [0.2, 0.25) is 0 Å². The summed E-state index contributed by atoms with van der Waals surface area (Å²) in [4.78, 5) is 5.03. The van der Waals surface area contributed by atoms with Gasteiger partial charge in [0, 0.05) is 28.5 Å². The second-order valence-corrected chi connectivity index (χ2v) is 7.93. The number of nitrogens with one attached hydrogen (secondary N) is 1. The molecule has 114 valence electrons. The molecule has 3 heteroatoms. The topological polar surface area (TPSA) is 15.3 Å². The van der Waals surface area contributed by atoms with Crippen molar-refractivity contribution in [3.63, 3.8) is 0 Å². The lowest BCUT2D eigenvalue weighted by molar-refractivity contribution is 0.403.